The molecule has 0 saturated carbocycles. The van der Waals surface area contributed by atoms with Crippen molar-refractivity contribution in [2.75, 3.05) is 0 Å². The van der Waals surface area contributed by atoms with Crippen LogP contribution in [0, 0.1) is 0 Å². The first kappa shape index (κ1) is 15.0. The third kappa shape index (κ3) is 14.0. The normalized spacial score (nSPS) is 13.0. The smallest absolute Gasteiger partial charge is 0.0815 e. The summed E-state index contributed by atoms with van der Waals surface area (Å²) >= 11 is 0. The minimum Gasteiger partial charge on any atom is -0.355 e. The maximum atomic E-state index is 4.01. The van der Waals surface area contributed by atoms with Crippen molar-refractivity contribution in [3.8, 4) is 0 Å². The summed E-state index contributed by atoms with van der Waals surface area (Å²) in [5.41, 5.74) is 4.01. The molecule has 15 heavy (non-hydrogen) atoms. The van der Waals surface area contributed by atoms with Crippen LogP contribution < -0.4 is 5.73 Å². The molecule has 0 aromatic rings. The van der Waals surface area contributed by atoms with Gasteiger partial charge in [0.1, 0.15) is 0 Å². The van der Waals surface area contributed by atoms with Crippen LogP contribution in [0.3, 0.4) is 0 Å². The van der Waals surface area contributed by atoms with Crippen molar-refractivity contribution in [3.05, 3.63) is 0 Å². The first-order valence-electron chi connectivity index (χ1n) is 7.10. The summed E-state index contributed by atoms with van der Waals surface area (Å²) < 4.78 is 0. The molecular weight excluding hydrogens is 182 g/mol. The predicted molar refractivity (Wildman–Crippen MR) is 68.8 cm³/mol. The van der Waals surface area contributed by atoms with E-state index in [2.05, 4.69) is 19.6 Å². The minimum absolute atomic E-state index is 0.652. The Balaban J connectivity index is 2.87. The van der Waals surface area contributed by atoms with Gasteiger partial charge in [0.2, 0.25) is 0 Å². The lowest BCUT2D eigenvalue weighted by atomic mass is 10.0. The van der Waals surface area contributed by atoms with E-state index in [0.717, 1.165) is 0 Å². The molecule has 0 aliphatic rings. The molecule has 0 aliphatic carbocycles. The Labute approximate surface area is 96.8 Å². The zero-order valence-electron chi connectivity index (χ0n) is 11.1. The van der Waals surface area contributed by atoms with Crippen molar-refractivity contribution >= 4 is 0 Å². The third-order valence-corrected chi connectivity index (χ3v) is 3.05. The van der Waals surface area contributed by atoms with Crippen LogP contribution in [0.25, 0.3) is 0 Å². The second-order valence-electron chi connectivity index (χ2n) is 5.08. The van der Waals surface area contributed by atoms with Gasteiger partial charge >= 0.3 is 0 Å². The summed E-state index contributed by atoms with van der Waals surface area (Å²) in [6.07, 6.45) is 15.7. The van der Waals surface area contributed by atoms with Gasteiger partial charge in [-0.05, 0) is 19.8 Å². The van der Waals surface area contributed by atoms with Gasteiger partial charge in [-0.25, -0.2) is 0 Å². The van der Waals surface area contributed by atoms with Crippen molar-refractivity contribution in [2.24, 2.45) is 0 Å². The van der Waals surface area contributed by atoms with Crippen LogP contribution in [0.2, 0.25) is 0 Å². The van der Waals surface area contributed by atoms with Gasteiger partial charge < -0.3 is 5.73 Å². The van der Waals surface area contributed by atoms with E-state index in [0.29, 0.717) is 6.04 Å². The molecule has 0 aromatic heterocycles. The fraction of sp³-hybridized carbons (Fsp3) is 1.00. The van der Waals surface area contributed by atoms with Crippen LogP contribution in [0.15, 0.2) is 0 Å². The van der Waals surface area contributed by atoms with E-state index in [1.807, 2.05) is 0 Å². The molecule has 1 nitrogen and oxygen atoms in total. The van der Waals surface area contributed by atoms with E-state index >= 15 is 0 Å². The Hall–Kier alpha value is -0.0400. The first-order chi connectivity index (χ1) is 7.27. The average molecular weight is 214 g/mol. The van der Waals surface area contributed by atoms with Crippen molar-refractivity contribution in [1.29, 1.82) is 0 Å². The molecule has 0 bridgehead atoms. The summed E-state index contributed by atoms with van der Waals surface area (Å²) in [5.74, 6) is 0. The van der Waals surface area contributed by atoms with E-state index in [1.54, 1.807) is 0 Å². The Kier molecular flexibility index (Phi) is 12.0. The standard InChI is InChI=1S/C14H31N/c1-3-4-5-6-7-8-9-10-11-12-13-14(2)15/h14H,3-13,15H2,1-2H3/p+1. The Morgan fingerprint density at radius 3 is 1.53 bits per heavy atom. The lowest BCUT2D eigenvalue weighted by molar-refractivity contribution is -0.415. The number of quaternary nitrogens is 1. The van der Waals surface area contributed by atoms with Crippen LogP contribution in [0.5, 0.6) is 0 Å². The van der Waals surface area contributed by atoms with Crippen molar-refractivity contribution < 1.29 is 5.73 Å². The molecule has 0 heterocycles. The second kappa shape index (κ2) is 12.0. The Morgan fingerprint density at radius 1 is 0.733 bits per heavy atom. The number of hydrogen-bond acceptors (Lipinski definition) is 0. The summed E-state index contributed by atoms with van der Waals surface area (Å²) in [7, 11) is 0. The number of unbranched alkanes of at least 4 members (excludes halogenated alkanes) is 9. The zero-order chi connectivity index (χ0) is 11.4. The largest absolute Gasteiger partial charge is 0.355 e. The number of rotatable bonds is 11. The topological polar surface area (TPSA) is 27.6 Å². The molecule has 0 saturated heterocycles. The van der Waals surface area contributed by atoms with Gasteiger partial charge in [-0.3, -0.25) is 0 Å². The van der Waals surface area contributed by atoms with E-state index in [9.17, 15) is 0 Å². The molecule has 0 spiro atoms. The molecular formula is C14H32N+. The molecule has 3 N–H and O–H groups in total. The van der Waals surface area contributed by atoms with Crippen LogP contribution in [-0.2, 0) is 0 Å². The molecule has 0 aliphatic heterocycles. The molecule has 1 atom stereocenters. The highest BCUT2D eigenvalue weighted by molar-refractivity contribution is 4.49. The highest BCUT2D eigenvalue weighted by Gasteiger charge is 1.97. The van der Waals surface area contributed by atoms with Gasteiger partial charge in [0.15, 0.2) is 0 Å². The van der Waals surface area contributed by atoms with Crippen LogP contribution in [-0.4, -0.2) is 6.04 Å². The predicted octanol–water partition coefficient (Wildman–Crippen LogP) is 3.93. The minimum atomic E-state index is 0.652. The van der Waals surface area contributed by atoms with Crippen LogP contribution in [0.4, 0.5) is 0 Å². The molecule has 1 heteroatoms. The van der Waals surface area contributed by atoms with E-state index in [-0.39, 0.29) is 0 Å². The molecule has 0 amide bonds. The van der Waals surface area contributed by atoms with Gasteiger partial charge in [0.25, 0.3) is 0 Å². The quantitative estimate of drug-likeness (QED) is 0.505. The van der Waals surface area contributed by atoms with Crippen molar-refractivity contribution in [2.45, 2.75) is 90.5 Å². The maximum Gasteiger partial charge on any atom is 0.0815 e. The fourth-order valence-corrected chi connectivity index (χ4v) is 1.98. The Bertz CT molecular complexity index is 110. The van der Waals surface area contributed by atoms with Crippen LogP contribution >= 0.6 is 0 Å². The monoisotopic (exact) mass is 214 g/mol. The van der Waals surface area contributed by atoms with Gasteiger partial charge in [-0.2, -0.15) is 0 Å². The summed E-state index contributed by atoms with van der Waals surface area (Å²) in [4.78, 5) is 0. The van der Waals surface area contributed by atoms with Gasteiger partial charge in [-0.15, -0.1) is 0 Å². The van der Waals surface area contributed by atoms with Gasteiger partial charge in [0.05, 0.1) is 6.04 Å². The lowest BCUT2D eigenvalue weighted by Gasteiger charge is -2.03. The van der Waals surface area contributed by atoms with E-state index < -0.39 is 0 Å². The molecule has 0 rings (SSSR count). The van der Waals surface area contributed by atoms with Gasteiger partial charge in [-0.1, -0.05) is 64.7 Å². The molecule has 92 valence electrons. The van der Waals surface area contributed by atoms with Gasteiger partial charge in [0, 0.05) is 0 Å². The average Bonchev–Trinajstić information content (AvgIpc) is 2.20. The zero-order valence-corrected chi connectivity index (χ0v) is 11.1. The summed E-state index contributed by atoms with van der Waals surface area (Å²) in [5, 5.41) is 0. The third-order valence-electron chi connectivity index (χ3n) is 3.05. The van der Waals surface area contributed by atoms with E-state index in [4.69, 9.17) is 0 Å². The van der Waals surface area contributed by atoms with E-state index in [1.165, 1.54) is 70.6 Å². The highest BCUT2D eigenvalue weighted by atomic mass is 14.6. The van der Waals surface area contributed by atoms with Crippen molar-refractivity contribution in [3.63, 3.8) is 0 Å². The molecule has 0 aromatic carbocycles. The van der Waals surface area contributed by atoms with Crippen LogP contribution in [0.1, 0.15) is 84.5 Å². The second-order valence-corrected chi connectivity index (χ2v) is 5.08. The molecule has 1 unspecified atom stereocenters. The Morgan fingerprint density at radius 2 is 1.13 bits per heavy atom. The van der Waals surface area contributed by atoms with Crippen molar-refractivity contribution in [1.82, 2.24) is 0 Å². The maximum absolute atomic E-state index is 4.01. The highest BCUT2D eigenvalue weighted by Crippen LogP contribution is 2.11. The summed E-state index contributed by atoms with van der Waals surface area (Å²) in [6, 6.07) is 0.652. The number of hydrogen-bond donors (Lipinski definition) is 1. The fourth-order valence-electron chi connectivity index (χ4n) is 1.98. The summed E-state index contributed by atoms with van der Waals surface area (Å²) in [6.45, 7) is 4.50. The molecule has 0 fully saturated rings. The lowest BCUT2D eigenvalue weighted by Crippen LogP contribution is -2.58. The molecule has 0 radical (unpaired) electrons. The first-order valence-corrected chi connectivity index (χ1v) is 7.10. The SMILES string of the molecule is CCCCCCCCCCCCC(C)[NH3+].